The molecule has 202 valence electrons. The Morgan fingerprint density at radius 3 is 2.44 bits per heavy atom. The summed E-state index contributed by atoms with van der Waals surface area (Å²) in [6, 6.07) is 13.5. The third-order valence-electron chi connectivity index (χ3n) is 7.54. The lowest BCUT2D eigenvalue weighted by atomic mass is 9.67. The SMILES string of the molecule is COc1cc(C2c3cc4c(c(OC(=O)C(O)c5ccccc5)c3CC3COC(=O)[C@@H]32)OCO4)cc(OC)c1O. The summed E-state index contributed by atoms with van der Waals surface area (Å²) in [4.78, 5) is 26.1. The van der Waals surface area contributed by atoms with Gasteiger partial charge in [-0.15, -0.1) is 0 Å². The Kier molecular flexibility index (Phi) is 6.19. The number of carbonyl (C=O) groups is 2. The van der Waals surface area contributed by atoms with Gasteiger partial charge in [0.05, 0.1) is 26.7 Å². The molecule has 0 radical (unpaired) electrons. The number of carbonyl (C=O) groups excluding carboxylic acids is 2. The molecule has 1 saturated heterocycles. The first-order valence-corrected chi connectivity index (χ1v) is 12.4. The highest BCUT2D eigenvalue weighted by molar-refractivity contribution is 5.82. The second kappa shape index (κ2) is 9.70. The monoisotopic (exact) mass is 534 g/mol. The molecular weight excluding hydrogens is 508 g/mol. The van der Waals surface area contributed by atoms with Gasteiger partial charge in [0.25, 0.3) is 0 Å². The van der Waals surface area contributed by atoms with Crippen LogP contribution in [0.4, 0.5) is 0 Å². The normalized spacial score (nSPS) is 21.4. The summed E-state index contributed by atoms with van der Waals surface area (Å²) in [5.74, 6) is -1.63. The van der Waals surface area contributed by atoms with Crippen LogP contribution in [-0.4, -0.2) is 49.8 Å². The predicted molar refractivity (Wildman–Crippen MR) is 134 cm³/mol. The van der Waals surface area contributed by atoms with Gasteiger partial charge in [0.15, 0.2) is 29.1 Å². The number of fused-ring (bicyclic) bond motifs is 3. The van der Waals surface area contributed by atoms with Crippen LogP contribution in [0.1, 0.15) is 34.3 Å². The van der Waals surface area contributed by atoms with Crippen LogP contribution in [0.2, 0.25) is 0 Å². The molecule has 2 N–H and O–H groups in total. The number of phenols is 1. The van der Waals surface area contributed by atoms with Gasteiger partial charge in [0.2, 0.25) is 18.3 Å². The van der Waals surface area contributed by atoms with Crippen molar-refractivity contribution in [1.82, 2.24) is 0 Å². The number of phenolic OH excluding ortho intramolecular Hbond substituents is 1. The highest BCUT2D eigenvalue weighted by Gasteiger charge is 2.50. The van der Waals surface area contributed by atoms with Crippen molar-refractivity contribution in [3.8, 4) is 34.5 Å². The molecule has 2 aliphatic heterocycles. The molecule has 0 aromatic heterocycles. The quantitative estimate of drug-likeness (QED) is 0.359. The van der Waals surface area contributed by atoms with E-state index in [1.165, 1.54) is 14.2 Å². The second-order valence-corrected chi connectivity index (χ2v) is 9.61. The minimum Gasteiger partial charge on any atom is -0.502 e. The Hall–Kier alpha value is -4.44. The largest absolute Gasteiger partial charge is 0.502 e. The molecule has 10 heteroatoms. The van der Waals surface area contributed by atoms with Crippen LogP contribution in [0.15, 0.2) is 48.5 Å². The van der Waals surface area contributed by atoms with Crippen LogP contribution in [0, 0.1) is 11.8 Å². The molecule has 0 amide bonds. The van der Waals surface area contributed by atoms with E-state index in [4.69, 9.17) is 28.4 Å². The van der Waals surface area contributed by atoms with Crippen LogP contribution in [0.25, 0.3) is 0 Å². The number of ether oxygens (including phenoxy) is 6. The molecule has 4 atom stereocenters. The fourth-order valence-corrected chi connectivity index (χ4v) is 5.71. The number of aliphatic hydroxyl groups is 1. The molecule has 39 heavy (non-hydrogen) atoms. The molecule has 10 nitrogen and oxygen atoms in total. The van der Waals surface area contributed by atoms with Crippen molar-refractivity contribution in [2.24, 2.45) is 11.8 Å². The predicted octanol–water partition coefficient (Wildman–Crippen LogP) is 3.25. The molecule has 3 aromatic rings. The zero-order chi connectivity index (χ0) is 27.3. The number of benzene rings is 3. The molecule has 0 saturated carbocycles. The highest BCUT2D eigenvalue weighted by atomic mass is 16.7. The van der Waals surface area contributed by atoms with Gasteiger partial charge in [-0.2, -0.15) is 0 Å². The number of cyclic esters (lactones) is 1. The smallest absolute Gasteiger partial charge is 0.345 e. The van der Waals surface area contributed by atoms with Crippen molar-refractivity contribution in [3.63, 3.8) is 0 Å². The molecule has 2 heterocycles. The summed E-state index contributed by atoms with van der Waals surface area (Å²) >= 11 is 0. The Morgan fingerprint density at radius 1 is 1.03 bits per heavy atom. The van der Waals surface area contributed by atoms with Crippen LogP contribution in [-0.2, 0) is 20.7 Å². The van der Waals surface area contributed by atoms with E-state index >= 15 is 0 Å². The van der Waals surface area contributed by atoms with Gasteiger partial charge >= 0.3 is 11.9 Å². The maximum Gasteiger partial charge on any atom is 0.345 e. The third-order valence-corrected chi connectivity index (χ3v) is 7.54. The first-order valence-electron chi connectivity index (χ1n) is 12.4. The Morgan fingerprint density at radius 2 is 1.74 bits per heavy atom. The lowest BCUT2D eigenvalue weighted by molar-refractivity contribution is -0.144. The summed E-state index contributed by atoms with van der Waals surface area (Å²) in [7, 11) is 2.85. The average molecular weight is 535 g/mol. The standard InChI is InChI=1S/C29H26O10/c1-34-19-9-15(10-20(35-2)25(19)31)22-17-11-21-27(38-13-37-21)26(18(17)8-16-12-36-28(32)23(16)22)39-29(33)24(30)14-6-4-3-5-7-14/h3-7,9-11,16,22-24,30-31H,8,12-13H2,1-2H3/t16?,22?,23-,24?/m0/s1. The van der Waals surface area contributed by atoms with E-state index in [2.05, 4.69) is 0 Å². The maximum absolute atomic E-state index is 13.1. The van der Waals surface area contributed by atoms with E-state index in [9.17, 15) is 19.8 Å². The van der Waals surface area contributed by atoms with Crippen LogP contribution >= 0.6 is 0 Å². The zero-order valence-corrected chi connectivity index (χ0v) is 21.2. The molecule has 3 aromatic carbocycles. The van der Waals surface area contributed by atoms with Gasteiger partial charge in [-0.3, -0.25) is 4.79 Å². The molecule has 1 aliphatic carbocycles. The second-order valence-electron chi connectivity index (χ2n) is 9.61. The Balaban J connectivity index is 1.50. The minimum absolute atomic E-state index is 0.0789. The maximum atomic E-state index is 13.1. The van der Waals surface area contributed by atoms with E-state index in [1.54, 1.807) is 48.5 Å². The molecular formula is C29H26O10. The van der Waals surface area contributed by atoms with Crippen molar-refractivity contribution in [3.05, 3.63) is 70.8 Å². The average Bonchev–Trinajstić information content (AvgIpc) is 3.58. The first kappa shape index (κ1) is 24.9. The van der Waals surface area contributed by atoms with Crippen molar-refractivity contribution in [1.29, 1.82) is 0 Å². The van der Waals surface area contributed by atoms with E-state index < -0.39 is 23.9 Å². The number of aromatic hydroxyl groups is 1. The van der Waals surface area contributed by atoms with E-state index in [-0.39, 0.29) is 54.0 Å². The lowest BCUT2D eigenvalue weighted by Crippen LogP contribution is -2.32. The molecule has 3 aliphatic rings. The Bertz CT molecular complexity index is 1430. The van der Waals surface area contributed by atoms with Crippen molar-refractivity contribution < 1.29 is 48.2 Å². The van der Waals surface area contributed by atoms with Crippen molar-refractivity contribution in [2.75, 3.05) is 27.6 Å². The van der Waals surface area contributed by atoms with Crippen molar-refractivity contribution >= 4 is 11.9 Å². The fourth-order valence-electron chi connectivity index (χ4n) is 5.71. The van der Waals surface area contributed by atoms with E-state index in [1.807, 2.05) is 0 Å². The van der Waals surface area contributed by atoms with E-state index in [0.717, 1.165) is 0 Å². The number of hydrogen-bond donors (Lipinski definition) is 2. The summed E-state index contributed by atoms with van der Waals surface area (Å²) in [5, 5.41) is 21.2. The highest BCUT2D eigenvalue weighted by Crippen LogP contribution is 2.56. The summed E-state index contributed by atoms with van der Waals surface area (Å²) < 4.78 is 33.4. The van der Waals surface area contributed by atoms with Gasteiger partial charge in [-0.1, -0.05) is 30.3 Å². The molecule has 3 unspecified atom stereocenters. The third kappa shape index (κ3) is 4.08. The summed E-state index contributed by atoms with van der Waals surface area (Å²) in [6.07, 6.45) is -1.15. The van der Waals surface area contributed by atoms with Crippen LogP contribution in [0.3, 0.4) is 0 Å². The number of hydrogen-bond acceptors (Lipinski definition) is 10. The molecule has 6 rings (SSSR count). The lowest BCUT2D eigenvalue weighted by Gasteiger charge is -2.34. The number of rotatable bonds is 6. The molecule has 0 bridgehead atoms. The van der Waals surface area contributed by atoms with Crippen LogP contribution < -0.4 is 23.7 Å². The topological polar surface area (TPSA) is 130 Å². The summed E-state index contributed by atoms with van der Waals surface area (Å²) in [5.41, 5.74) is 2.34. The van der Waals surface area contributed by atoms with Crippen LogP contribution in [0.5, 0.6) is 34.5 Å². The van der Waals surface area contributed by atoms with E-state index in [0.29, 0.717) is 34.4 Å². The van der Waals surface area contributed by atoms with Crippen molar-refractivity contribution in [2.45, 2.75) is 18.4 Å². The fraction of sp³-hybridized carbons (Fsp3) is 0.310. The summed E-state index contributed by atoms with van der Waals surface area (Å²) in [6.45, 7) is 0.116. The van der Waals surface area contributed by atoms with Gasteiger partial charge < -0.3 is 38.6 Å². The molecule has 1 fully saturated rings. The molecule has 0 spiro atoms. The van der Waals surface area contributed by atoms with Gasteiger partial charge in [0.1, 0.15) is 0 Å². The number of esters is 2. The van der Waals surface area contributed by atoms with Gasteiger partial charge in [0, 0.05) is 17.4 Å². The van der Waals surface area contributed by atoms with Gasteiger partial charge in [-0.25, -0.2) is 4.79 Å². The number of methoxy groups -OCH3 is 2. The Labute approximate surface area is 223 Å². The minimum atomic E-state index is -1.52. The van der Waals surface area contributed by atoms with Gasteiger partial charge in [-0.05, 0) is 41.3 Å². The zero-order valence-electron chi connectivity index (χ0n) is 21.2. The number of aliphatic hydroxyl groups excluding tert-OH is 1. The first-order chi connectivity index (χ1) is 18.9.